The monoisotopic (exact) mass is 505 g/mol. The van der Waals surface area contributed by atoms with Crippen LogP contribution in [-0.4, -0.2) is 50.8 Å². The van der Waals surface area contributed by atoms with E-state index in [0.29, 0.717) is 41.5 Å². The molecule has 1 amide bonds. The Morgan fingerprint density at radius 1 is 1.23 bits per heavy atom. The number of carbonyl (C=O) groups excluding carboxylic acids is 1. The van der Waals surface area contributed by atoms with Crippen molar-refractivity contribution in [2.24, 2.45) is 17.8 Å². The van der Waals surface area contributed by atoms with Crippen molar-refractivity contribution in [2.45, 2.75) is 68.7 Å². The van der Waals surface area contributed by atoms with Gasteiger partial charge in [0.1, 0.15) is 5.03 Å². The van der Waals surface area contributed by atoms with Gasteiger partial charge in [-0.15, -0.1) is 11.8 Å². The number of hydrogen-bond donors (Lipinski definition) is 2. The summed E-state index contributed by atoms with van der Waals surface area (Å²) in [4.78, 5) is 24.7. The molecule has 0 radical (unpaired) electrons. The van der Waals surface area contributed by atoms with Crippen molar-refractivity contribution < 1.29 is 28.2 Å². The van der Waals surface area contributed by atoms with Gasteiger partial charge in [0, 0.05) is 6.04 Å². The molecule has 0 spiro atoms. The zero-order valence-electron chi connectivity index (χ0n) is 19.5. The molecule has 2 aromatic rings. The largest absolute Gasteiger partial charge is 0.478 e. The van der Waals surface area contributed by atoms with Gasteiger partial charge in [-0.2, -0.15) is 13.9 Å². The number of nitrogens with one attached hydrogen (secondary N) is 1. The number of ether oxygens (including phenoxy) is 1. The first-order valence-corrected chi connectivity index (χ1v) is 13.1. The van der Waals surface area contributed by atoms with Gasteiger partial charge >= 0.3 is 12.6 Å². The number of hydrogen-bond acceptors (Lipinski definition) is 5. The van der Waals surface area contributed by atoms with E-state index in [-0.39, 0.29) is 29.3 Å². The normalized spacial score (nSPS) is 29.0. The topological polar surface area (TPSA) is 93.5 Å². The Kier molecular flexibility index (Phi) is 6.61. The highest BCUT2D eigenvalue weighted by Gasteiger charge is 2.57. The molecule has 0 saturated heterocycles. The SMILES string of the molecule is CCCSc1c(C(=O)N[C@H]2C3CC4CC2C[C@@](OC(F)F)(C4)C3)cnn1-c1ccc(C(=O)O)cc1. The predicted octanol–water partition coefficient (Wildman–Crippen LogP) is 4.99. The zero-order valence-corrected chi connectivity index (χ0v) is 20.3. The Labute approximate surface area is 206 Å². The Bertz CT molecular complexity index is 1090. The third-order valence-corrected chi connectivity index (χ3v) is 8.90. The van der Waals surface area contributed by atoms with Crippen LogP contribution >= 0.6 is 11.8 Å². The first-order chi connectivity index (χ1) is 16.8. The van der Waals surface area contributed by atoms with E-state index in [1.54, 1.807) is 23.0 Å². The number of carboxylic acids is 1. The lowest BCUT2D eigenvalue weighted by molar-refractivity contribution is -0.260. The highest BCUT2D eigenvalue weighted by atomic mass is 32.2. The van der Waals surface area contributed by atoms with Crippen LogP contribution in [0.25, 0.3) is 5.69 Å². The molecule has 4 fully saturated rings. The second kappa shape index (κ2) is 9.54. The summed E-state index contributed by atoms with van der Waals surface area (Å²) in [6.07, 6.45) is 6.14. The van der Waals surface area contributed by atoms with Gasteiger partial charge in [0.05, 0.1) is 28.6 Å². The molecule has 10 heteroatoms. The molecule has 2 atom stereocenters. The number of benzene rings is 1. The van der Waals surface area contributed by atoms with Crippen LogP contribution in [0.2, 0.25) is 0 Å². The van der Waals surface area contributed by atoms with Crippen molar-refractivity contribution >= 4 is 23.6 Å². The number of rotatable bonds is 9. The number of alkyl halides is 2. The Morgan fingerprint density at radius 2 is 1.91 bits per heavy atom. The van der Waals surface area contributed by atoms with Gasteiger partial charge in [0.25, 0.3) is 5.91 Å². The molecule has 1 aromatic carbocycles. The minimum absolute atomic E-state index is 0.0596. The van der Waals surface area contributed by atoms with Crippen molar-refractivity contribution in [3.8, 4) is 5.69 Å². The standard InChI is InChI=1S/C25H29F2N3O4S/c1-2-7-35-22-19(13-28-30(22)18-5-3-15(4-6-18)23(32)33)21(31)29-20-16-8-14-9-17(20)12-25(10-14,11-16)34-24(26)27/h3-6,13-14,16-17,20,24H,2,7-12H2,1H3,(H,29,31)(H,32,33)/t14?,16?,17?,20-,25+. The van der Waals surface area contributed by atoms with Gasteiger partial charge < -0.3 is 15.2 Å². The molecule has 2 N–H and O–H groups in total. The average Bonchev–Trinajstić information content (AvgIpc) is 3.22. The quantitative estimate of drug-likeness (QED) is 0.467. The maximum atomic E-state index is 13.5. The molecule has 2 unspecified atom stereocenters. The highest BCUT2D eigenvalue weighted by molar-refractivity contribution is 7.99. The fraction of sp³-hybridized carbons (Fsp3) is 0.560. The van der Waals surface area contributed by atoms with Crippen LogP contribution in [0.4, 0.5) is 8.78 Å². The summed E-state index contributed by atoms with van der Waals surface area (Å²) in [5.41, 5.74) is 0.574. The van der Waals surface area contributed by atoms with Crippen LogP contribution in [0.5, 0.6) is 0 Å². The summed E-state index contributed by atoms with van der Waals surface area (Å²) in [7, 11) is 0. The number of carbonyl (C=O) groups is 2. The molecular formula is C25H29F2N3O4S. The molecule has 1 aromatic heterocycles. The number of amides is 1. The van der Waals surface area contributed by atoms with Gasteiger partial charge in [0.2, 0.25) is 0 Å². The fourth-order valence-corrected chi connectivity index (χ4v) is 7.48. The maximum absolute atomic E-state index is 13.5. The second-order valence-corrected chi connectivity index (χ2v) is 11.1. The number of aromatic nitrogens is 2. The van der Waals surface area contributed by atoms with Crippen molar-refractivity contribution in [1.29, 1.82) is 0 Å². The summed E-state index contributed by atoms with van der Waals surface area (Å²) in [6, 6.07) is 6.32. The molecule has 4 aliphatic rings. The number of thioether (sulfide) groups is 1. The van der Waals surface area contributed by atoms with E-state index in [2.05, 4.69) is 17.3 Å². The molecule has 7 nitrogen and oxygen atoms in total. The number of carboxylic acid groups (broad SMARTS) is 1. The van der Waals surface area contributed by atoms with Gasteiger partial charge in [-0.25, -0.2) is 9.48 Å². The van der Waals surface area contributed by atoms with E-state index in [1.165, 1.54) is 23.9 Å². The van der Waals surface area contributed by atoms with Crippen molar-refractivity contribution in [2.75, 3.05) is 5.75 Å². The van der Waals surface area contributed by atoms with Crippen LogP contribution in [0, 0.1) is 17.8 Å². The summed E-state index contributed by atoms with van der Waals surface area (Å²) in [5, 5.41) is 17.5. The molecular weight excluding hydrogens is 476 g/mol. The van der Waals surface area contributed by atoms with Gasteiger partial charge in [-0.3, -0.25) is 4.79 Å². The van der Waals surface area contributed by atoms with Crippen molar-refractivity contribution in [1.82, 2.24) is 15.1 Å². The first-order valence-electron chi connectivity index (χ1n) is 12.1. The molecule has 4 aliphatic carbocycles. The Balaban J connectivity index is 1.37. The van der Waals surface area contributed by atoms with E-state index in [9.17, 15) is 23.5 Å². The van der Waals surface area contributed by atoms with Crippen molar-refractivity contribution in [3.63, 3.8) is 0 Å². The summed E-state index contributed by atoms with van der Waals surface area (Å²) >= 11 is 1.53. The zero-order chi connectivity index (χ0) is 24.7. The lowest BCUT2D eigenvalue weighted by Gasteiger charge is -2.59. The fourth-order valence-electron chi connectivity index (χ4n) is 6.51. The lowest BCUT2D eigenvalue weighted by atomic mass is 9.52. The number of halogens is 2. The third-order valence-electron chi connectivity index (χ3n) is 7.63. The first kappa shape index (κ1) is 24.2. The summed E-state index contributed by atoms with van der Waals surface area (Å²) < 4.78 is 33.0. The molecule has 0 aliphatic heterocycles. The average molecular weight is 506 g/mol. The third kappa shape index (κ3) is 4.70. The lowest BCUT2D eigenvalue weighted by Crippen LogP contribution is -2.62. The van der Waals surface area contributed by atoms with Crippen LogP contribution in [0.1, 0.15) is 66.2 Å². The van der Waals surface area contributed by atoms with Crippen molar-refractivity contribution in [3.05, 3.63) is 41.6 Å². The van der Waals surface area contributed by atoms with E-state index >= 15 is 0 Å². The number of aromatic carboxylic acids is 1. The minimum Gasteiger partial charge on any atom is -0.478 e. The summed E-state index contributed by atoms with van der Waals surface area (Å²) in [5.74, 6) is 0.228. The minimum atomic E-state index is -2.77. The number of nitrogens with zero attached hydrogens (tertiary/aromatic N) is 2. The van der Waals surface area contributed by atoms with Gasteiger partial charge in [-0.05, 0) is 86.3 Å². The smallest absolute Gasteiger partial charge is 0.345 e. The molecule has 6 rings (SSSR count). The predicted molar refractivity (Wildman–Crippen MR) is 126 cm³/mol. The van der Waals surface area contributed by atoms with E-state index in [0.717, 1.165) is 25.0 Å². The highest BCUT2D eigenvalue weighted by Crippen LogP contribution is 2.57. The Morgan fingerprint density at radius 3 is 2.51 bits per heavy atom. The van der Waals surface area contributed by atoms with E-state index < -0.39 is 18.2 Å². The Hall–Kier alpha value is -2.46. The molecule has 188 valence electrons. The molecule has 4 saturated carbocycles. The molecule has 4 bridgehead atoms. The molecule has 35 heavy (non-hydrogen) atoms. The maximum Gasteiger partial charge on any atom is 0.345 e. The second-order valence-electron chi connectivity index (χ2n) is 10.0. The molecule has 1 heterocycles. The van der Waals surface area contributed by atoms with E-state index in [4.69, 9.17) is 4.74 Å². The van der Waals surface area contributed by atoms with Crippen LogP contribution < -0.4 is 5.32 Å². The summed E-state index contributed by atoms with van der Waals surface area (Å²) in [6.45, 7) is -0.714. The van der Waals surface area contributed by atoms with Crippen LogP contribution in [-0.2, 0) is 4.74 Å². The van der Waals surface area contributed by atoms with Crippen LogP contribution in [0.3, 0.4) is 0 Å². The van der Waals surface area contributed by atoms with Gasteiger partial charge in [-0.1, -0.05) is 6.92 Å². The van der Waals surface area contributed by atoms with E-state index in [1.807, 2.05) is 0 Å². The van der Waals surface area contributed by atoms with Gasteiger partial charge in [0.15, 0.2) is 0 Å². The van der Waals surface area contributed by atoms with Crippen LogP contribution in [0.15, 0.2) is 35.5 Å².